The number of fused-ring (bicyclic) bond motifs is 1. The Hall–Kier alpha value is -1.84. The van der Waals surface area contributed by atoms with Crippen molar-refractivity contribution in [3.63, 3.8) is 0 Å². The Balaban J connectivity index is 2.12. The second kappa shape index (κ2) is 7.62. The zero-order chi connectivity index (χ0) is 16.9. The number of anilines is 1. The van der Waals surface area contributed by atoms with Crippen molar-refractivity contribution in [2.24, 2.45) is 0 Å². The second-order valence-electron chi connectivity index (χ2n) is 7.06. The van der Waals surface area contributed by atoms with Crippen LogP contribution >= 0.6 is 0 Å². The van der Waals surface area contributed by atoms with E-state index in [9.17, 15) is 4.79 Å². The van der Waals surface area contributed by atoms with Crippen molar-refractivity contribution >= 4 is 11.9 Å². The molecule has 4 heteroatoms. The van der Waals surface area contributed by atoms with Gasteiger partial charge in [0.15, 0.2) is 0 Å². The fraction of sp³-hybridized carbons (Fsp3) is 0.579. The van der Waals surface area contributed by atoms with Gasteiger partial charge in [-0.3, -0.25) is 4.90 Å². The maximum Gasteiger partial charge on any atom is 0.416 e. The van der Waals surface area contributed by atoms with E-state index in [0.717, 1.165) is 55.6 Å². The Morgan fingerprint density at radius 1 is 1.39 bits per heavy atom. The second-order valence-corrected chi connectivity index (χ2v) is 7.06. The number of amides is 1. The maximum absolute atomic E-state index is 12.4. The SMILES string of the molecule is C=CCCCCc1ccc2c(n1)N(C(=O)OC(C)(C)C)CCC2. The summed E-state index contributed by atoms with van der Waals surface area (Å²) in [6.07, 6.45) is 7.76. The first kappa shape index (κ1) is 17.5. The predicted octanol–water partition coefficient (Wildman–Crippen LogP) is 4.67. The third kappa shape index (κ3) is 5.08. The zero-order valence-corrected chi connectivity index (χ0v) is 14.6. The molecule has 0 atom stereocenters. The lowest BCUT2D eigenvalue weighted by Gasteiger charge is -2.31. The first-order valence-corrected chi connectivity index (χ1v) is 8.51. The molecule has 0 aromatic carbocycles. The molecule has 4 nitrogen and oxygen atoms in total. The number of carbonyl (C=O) groups excluding carboxylic acids is 1. The Morgan fingerprint density at radius 2 is 2.17 bits per heavy atom. The van der Waals surface area contributed by atoms with E-state index in [1.807, 2.05) is 26.8 Å². The van der Waals surface area contributed by atoms with E-state index >= 15 is 0 Å². The molecule has 0 aliphatic carbocycles. The van der Waals surface area contributed by atoms with Gasteiger partial charge in [-0.05, 0) is 70.9 Å². The van der Waals surface area contributed by atoms with Crippen LogP contribution in [0.3, 0.4) is 0 Å². The van der Waals surface area contributed by atoms with E-state index in [1.165, 1.54) is 0 Å². The van der Waals surface area contributed by atoms with E-state index in [2.05, 4.69) is 18.7 Å². The van der Waals surface area contributed by atoms with E-state index in [1.54, 1.807) is 4.90 Å². The summed E-state index contributed by atoms with van der Waals surface area (Å²) >= 11 is 0. The molecule has 1 aromatic heterocycles. The number of pyridine rings is 1. The predicted molar refractivity (Wildman–Crippen MR) is 93.9 cm³/mol. The van der Waals surface area contributed by atoms with Crippen LogP contribution in [0.2, 0.25) is 0 Å². The van der Waals surface area contributed by atoms with Crippen LogP contribution in [0.15, 0.2) is 24.8 Å². The van der Waals surface area contributed by atoms with Crippen molar-refractivity contribution in [3.8, 4) is 0 Å². The normalized spacial score (nSPS) is 14.3. The fourth-order valence-electron chi connectivity index (χ4n) is 2.71. The number of unbranched alkanes of at least 4 members (excludes halogenated alkanes) is 2. The molecule has 0 saturated heterocycles. The third-order valence-corrected chi connectivity index (χ3v) is 3.80. The van der Waals surface area contributed by atoms with Crippen molar-refractivity contribution in [1.82, 2.24) is 4.98 Å². The highest BCUT2D eigenvalue weighted by molar-refractivity contribution is 5.88. The van der Waals surface area contributed by atoms with Crippen LogP contribution in [0.1, 0.15) is 57.7 Å². The number of aryl methyl sites for hydroxylation is 2. The average Bonchev–Trinajstić information content (AvgIpc) is 2.49. The third-order valence-electron chi connectivity index (χ3n) is 3.80. The van der Waals surface area contributed by atoms with Crippen LogP contribution in [-0.4, -0.2) is 23.2 Å². The van der Waals surface area contributed by atoms with Gasteiger partial charge in [-0.1, -0.05) is 12.1 Å². The van der Waals surface area contributed by atoms with Crippen LogP contribution in [0.5, 0.6) is 0 Å². The molecule has 2 rings (SSSR count). The minimum Gasteiger partial charge on any atom is -0.443 e. The van der Waals surface area contributed by atoms with Crippen LogP contribution in [0, 0.1) is 0 Å². The lowest BCUT2D eigenvalue weighted by molar-refractivity contribution is 0.0576. The minimum absolute atomic E-state index is 0.297. The lowest BCUT2D eigenvalue weighted by atomic mass is 10.0. The topological polar surface area (TPSA) is 42.4 Å². The summed E-state index contributed by atoms with van der Waals surface area (Å²) in [5.74, 6) is 0.784. The number of allylic oxidation sites excluding steroid dienone is 1. The number of nitrogens with zero attached hydrogens (tertiary/aromatic N) is 2. The standard InChI is InChI=1S/C19H28N2O2/c1-5-6-7-8-11-16-13-12-15-10-9-14-21(17(15)20-16)18(22)23-19(2,3)4/h5,12-13H,1,6-11,14H2,2-4H3. The Kier molecular flexibility index (Phi) is 5.80. The molecular weight excluding hydrogens is 288 g/mol. The zero-order valence-electron chi connectivity index (χ0n) is 14.6. The number of ether oxygens (including phenoxy) is 1. The summed E-state index contributed by atoms with van der Waals surface area (Å²) in [5.41, 5.74) is 1.69. The van der Waals surface area contributed by atoms with E-state index < -0.39 is 5.60 Å². The van der Waals surface area contributed by atoms with Gasteiger partial charge in [0.2, 0.25) is 0 Å². The molecule has 0 fully saturated rings. The molecule has 0 saturated carbocycles. The molecule has 0 bridgehead atoms. The molecule has 1 aliphatic heterocycles. The van der Waals surface area contributed by atoms with Gasteiger partial charge >= 0.3 is 6.09 Å². The highest BCUT2D eigenvalue weighted by atomic mass is 16.6. The molecule has 126 valence electrons. The first-order chi connectivity index (χ1) is 10.9. The molecule has 2 heterocycles. The summed E-state index contributed by atoms with van der Waals surface area (Å²) in [6.45, 7) is 10.1. The number of carbonyl (C=O) groups is 1. The molecule has 1 aliphatic rings. The largest absolute Gasteiger partial charge is 0.443 e. The maximum atomic E-state index is 12.4. The van der Waals surface area contributed by atoms with Crippen LogP contribution in [0.4, 0.5) is 10.6 Å². The number of aromatic nitrogens is 1. The molecule has 0 N–H and O–H groups in total. The highest BCUT2D eigenvalue weighted by Gasteiger charge is 2.28. The van der Waals surface area contributed by atoms with Gasteiger partial charge in [-0.15, -0.1) is 6.58 Å². The average molecular weight is 316 g/mol. The fourth-order valence-corrected chi connectivity index (χ4v) is 2.71. The van der Waals surface area contributed by atoms with Crippen molar-refractivity contribution in [2.75, 3.05) is 11.4 Å². The Labute approximate surface area is 139 Å². The van der Waals surface area contributed by atoms with Crippen molar-refractivity contribution < 1.29 is 9.53 Å². The van der Waals surface area contributed by atoms with Crippen molar-refractivity contribution in [1.29, 1.82) is 0 Å². The molecule has 0 radical (unpaired) electrons. The summed E-state index contributed by atoms with van der Waals surface area (Å²) in [6, 6.07) is 4.20. The smallest absolute Gasteiger partial charge is 0.416 e. The molecule has 23 heavy (non-hydrogen) atoms. The molecule has 1 aromatic rings. The van der Waals surface area contributed by atoms with Crippen LogP contribution in [-0.2, 0) is 17.6 Å². The van der Waals surface area contributed by atoms with E-state index in [0.29, 0.717) is 6.54 Å². The molecule has 1 amide bonds. The van der Waals surface area contributed by atoms with Gasteiger partial charge in [-0.25, -0.2) is 9.78 Å². The van der Waals surface area contributed by atoms with Gasteiger partial charge < -0.3 is 4.74 Å². The first-order valence-electron chi connectivity index (χ1n) is 8.51. The highest BCUT2D eigenvalue weighted by Crippen LogP contribution is 2.27. The number of hydrogen-bond donors (Lipinski definition) is 0. The summed E-state index contributed by atoms with van der Waals surface area (Å²) in [4.78, 5) is 18.9. The van der Waals surface area contributed by atoms with Gasteiger partial charge in [0.05, 0.1) is 0 Å². The summed E-state index contributed by atoms with van der Waals surface area (Å²) in [7, 11) is 0. The van der Waals surface area contributed by atoms with E-state index in [-0.39, 0.29) is 6.09 Å². The van der Waals surface area contributed by atoms with Crippen LogP contribution in [0.25, 0.3) is 0 Å². The Bertz CT molecular complexity index is 561. The van der Waals surface area contributed by atoms with Gasteiger partial charge in [0, 0.05) is 12.2 Å². The number of rotatable bonds is 5. The Morgan fingerprint density at radius 3 is 2.87 bits per heavy atom. The van der Waals surface area contributed by atoms with E-state index in [4.69, 9.17) is 9.72 Å². The summed E-state index contributed by atoms with van der Waals surface area (Å²) < 4.78 is 5.52. The lowest BCUT2D eigenvalue weighted by Crippen LogP contribution is -2.40. The molecule has 0 unspecified atom stereocenters. The van der Waals surface area contributed by atoms with Gasteiger partial charge in [-0.2, -0.15) is 0 Å². The summed E-state index contributed by atoms with van der Waals surface area (Å²) in [5, 5.41) is 0. The van der Waals surface area contributed by atoms with Crippen molar-refractivity contribution in [2.45, 2.75) is 64.9 Å². The van der Waals surface area contributed by atoms with Gasteiger partial charge in [0.1, 0.15) is 11.4 Å². The van der Waals surface area contributed by atoms with Crippen LogP contribution < -0.4 is 4.90 Å². The molecular formula is C19H28N2O2. The van der Waals surface area contributed by atoms with Gasteiger partial charge in [0.25, 0.3) is 0 Å². The quantitative estimate of drug-likeness (QED) is 0.585. The number of hydrogen-bond acceptors (Lipinski definition) is 3. The van der Waals surface area contributed by atoms with Crippen molar-refractivity contribution in [3.05, 3.63) is 36.0 Å². The monoisotopic (exact) mass is 316 g/mol. The molecule has 0 spiro atoms. The minimum atomic E-state index is -0.489.